The molecule has 0 radical (unpaired) electrons. The fraction of sp³-hybridized carbons (Fsp3) is 0.375. The summed E-state index contributed by atoms with van der Waals surface area (Å²) in [7, 11) is 0. The zero-order valence-electron chi connectivity index (χ0n) is 12.4. The zero-order valence-corrected chi connectivity index (χ0v) is 12.4. The Morgan fingerprint density at radius 2 is 2.10 bits per heavy atom. The molecule has 0 aliphatic rings. The number of aromatic nitrogens is 1. The van der Waals surface area contributed by atoms with Crippen LogP contribution in [0.5, 0.6) is 5.75 Å². The quantitative estimate of drug-likeness (QED) is 0.930. The van der Waals surface area contributed by atoms with Crippen LogP contribution in [0.1, 0.15) is 36.8 Å². The van der Waals surface area contributed by atoms with Gasteiger partial charge in [-0.15, -0.1) is 0 Å². The highest BCUT2D eigenvalue weighted by molar-refractivity contribution is 5.96. The lowest BCUT2D eigenvalue weighted by molar-refractivity contribution is 0.0950. The second-order valence-corrected chi connectivity index (χ2v) is 5.03. The van der Waals surface area contributed by atoms with Gasteiger partial charge < -0.3 is 10.1 Å². The summed E-state index contributed by atoms with van der Waals surface area (Å²) < 4.78 is 5.67. The van der Waals surface area contributed by atoms with Crippen LogP contribution in [0.3, 0.4) is 0 Å². The second kappa shape index (κ2) is 5.90. The smallest absolute Gasteiger partial charge is 0.270 e. The summed E-state index contributed by atoms with van der Waals surface area (Å²) >= 11 is 0. The molecule has 2 aromatic rings. The largest absolute Gasteiger partial charge is 0.491 e. The molecule has 0 fully saturated rings. The average Bonchev–Trinajstić information content (AvgIpc) is 2.37. The lowest BCUT2D eigenvalue weighted by Crippen LogP contribution is -2.24. The Morgan fingerprint density at radius 1 is 1.35 bits per heavy atom. The highest BCUT2D eigenvalue weighted by atomic mass is 16.5. The van der Waals surface area contributed by atoms with Gasteiger partial charge >= 0.3 is 0 Å². The number of nitrogens with one attached hydrogen (secondary N) is 1. The Morgan fingerprint density at radius 3 is 2.75 bits per heavy atom. The summed E-state index contributed by atoms with van der Waals surface area (Å²) in [4.78, 5) is 16.4. The molecule has 0 aliphatic heterocycles. The van der Waals surface area contributed by atoms with Crippen LogP contribution in [-0.2, 0) is 0 Å². The predicted octanol–water partition coefficient (Wildman–Crippen LogP) is 3.08. The Labute approximate surface area is 119 Å². The summed E-state index contributed by atoms with van der Waals surface area (Å²) in [6, 6.07) is 7.69. The SMILES string of the molecule is CCNC(=O)c1nc2ccc(OC(C)C)cc2cc1C. The lowest BCUT2D eigenvalue weighted by Gasteiger charge is -2.11. The molecular weight excluding hydrogens is 252 g/mol. The maximum atomic E-state index is 11.9. The Balaban J connectivity index is 2.43. The first-order valence-corrected chi connectivity index (χ1v) is 6.87. The van der Waals surface area contributed by atoms with E-state index >= 15 is 0 Å². The van der Waals surface area contributed by atoms with Gasteiger partial charge in [-0.1, -0.05) is 0 Å². The molecular formula is C16H20N2O2. The van der Waals surface area contributed by atoms with Gasteiger partial charge in [0.1, 0.15) is 11.4 Å². The second-order valence-electron chi connectivity index (χ2n) is 5.03. The number of aryl methyl sites for hydroxylation is 1. The van der Waals surface area contributed by atoms with Crippen molar-refractivity contribution in [2.75, 3.05) is 6.54 Å². The molecule has 0 saturated heterocycles. The first kappa shape index (κ1) is 14.3. The molecule has 1 N–H and O–H groups in total. The molecule has 0 unspecified atom stereocenters. The number of ether oxygens (including phenoxy) is 1. The van der Waals surface area contributed by atoms with E-state index in [4.69, 9.17) is 4.74 Å². The van der Waals surface area contributed by atoms with Crippen molar-refractivity contribution in [3.63, 3.8) is 0 Å². The number of carbonyl (C=O) groups excluding carboxylic acids is 1. The highest BCUT2D eigenvalue weighted by Gasteiger charge is 2.11. The first-order chi connectivity index (χ1) is 9.51. The number of carbonyl (C=O) groups is 1. The monoisotopic (exact) mass is 272 g/mol. The fourth-order valence-corrected chi connectivity index (χ4v) is 2.08. The molecule has 1 aromatic carbocycles. The number of fused-ring (bicyclic) bond motifs is 1. The number of hydrogen-bond donors (Lipinski definition) is 1. The van der Waals surface area contributed by atoms with Gasteiger partial charge in [0.05, 0.1) is 11.6 Å². The number of hydrogen-bond acceptors (Lipinski definition) is 3. The third-order valence-corrected chi connectivity index (χ3v) is 2.90. The number of rotatable bonds is 4. The van der Waals surface area contributed by atoms with E-state index in [0.717, 1.165) is 22.2 Å². The van der Waals surface area contributed by atoms with E-state index in [1.54, 1.807) is 0 Å². The molecule has 106 valence electrons. The van der Waals surface area contributed by atoms with Gasteiger partial charge in [-0.25, -0.2) is 4.98 Å². The van der Waals surface area contributed by atoms with Crippen molar-refractivity contribution >= 4 is 16.8 Å². The minimum absolute atomic E-state index is 0.130. The van der Waals surface area contributed by atoms with Crippen LogP contribution in [0.2, 0.25) is 0 Å². The molecule has 0 bridgehead atoms. The average molecular weight is 272 g/mol. The third-order valence-electron chi connectivity index (χ3n) is 2.90. The van der Waals surface area contributed by atoms with Crippen LogP contribution in [0, 0.1) is 6.92 Å². The van der Waals surface area contributed by atoms with Gasteiger partial charge in [0.25, 0.3) is 5.91 Å². The van der Waals surface area contributed by atoms with Crippen LogP contribution < -0.4 is 10.1 Å². The summed E-state index contributed by atoms with van der Waals surface area (Å²) in [5.41, 5.74) is 2.15. The van der Waals surface area contributed by atoms with Crippen molar-refractivity contribution in [2.24, 2.45) is 0 Å². The molecule has 0 saturated carbocycles. The normalized spacial score (nSPS) is 10.8. The van der Waals surface area contributed by atoms with Crippen LogP contribution in [-0.4, -0.2) is 23.5 Å². The Kier molecular flexibility index (Phi) is 4.23. The maximum absolute atomic E-state index is 11.9. The van der Waals surface area contributed by atoms with Gasteiger partial charge in [-0.3, -0.25) is 4.79 Å². The van der Waals surface area contributed by atoms with Crippen molar-refractivity contribution < 1.29 is 9.53 Å². The van der Waals surface area contributed by atoms with Gasteiger partial charge in [0, 0.05) is 11.9 Å². The van der Waals surface area contributed by atoms with Gasteiger partial charge in [-0.05, 0) is 57.5 Å². The molecule has 1 amide bonds. The summed E-state index contributed by atoms with van der Waals surface area (Å²) in [5.74, 6) is 0.689. The van der Waals surface area contributed by atoms with E-state index < -0.39 is 0 Å². The molecule has 1 aromatic heterocycles. The van der Waals surface area contributed by atoms with E-state index in [-0.39, 0.29) is 12.0 Å². The molecule has 0 spiro atoms. The van der Waals surface area contributed by atoms with Gasteiger partial charge in [-0.2, -0.15) is 0 Å². The predicted molar refractivity (Wildman–Crippen MR) is 80.3 cm³/mol. The molecule has 0 aliphatic carbocycles. The van der Waals surface area contributed by atoms with Crippen LogP contribution in [0.15, 0.2) is 24.3 Å². The minimum Gasteiger partial charge on any atom is -0.491 e. The summed E-state index contributed by atoms with van der Waals surface area (Å²) in [5, 5.41) is 3.76. The highest BCUT2D eigenvalue weighted by Crippen LogP contribution is 2.22. The zero-order chi connectivity index (χ0) is 14.7. The number of benzene rings is 1. The van der Waals surface area contributed by atoms with E-state index in [1.165, 1.54) is 0 Å². The Bertz CT molecular complexity index is 636. The third kappa shape index (κ3) is 3.07. The van der Waals surface area contributed by atoms with Crippen molar-refractivity contribution in [3.8, 4) is 5.75 Å². The Hall–Kier alpha value is -2.10. The molecule has 0 atom stereocenters. The van der Waals surface area contributed by atoms with Gasteiger partial charge in [0.2, 0.25) is 0 Å². The van der Waals surface area contributed by atoms with Crippen LogP contribution in [0.4, 0.5) is 0 Å². The van der Waals surface area contributed by atoms with Gasteiger partial charge in [0.15, 0.2) is 0 Å². The number of pyridine rings is 1. The first-order valence-electron chi connectivity index (χ1n) is 6.87. The van der Waals surface area contributed by atoms with E-state index in [2.05, 4.69) is 10.3 Å². The van der Waals surface area contributed by atoms with Crippen molar-refractivity contribution in [2.45, 2.75) is 33.8 Å². The number of amides is 1. The molecule has 1 heterocycles. The van der Waals surface area contributed by atoms with Crippen molar-refractivity contribution in [1.29, 1.82) is 0 Å². The molecule has 2 rings (SSSR count). The molecule has 20 heavy (non-hydrogen) atoms. The maximum Gasteiger partial charge on any atom is 0.270 e. The molecule has 4 heteroatoms. The minimum atomic E-state index is -0.130. The lowest BCUT2D eigenvalue weighted by atomic mass is 10.1. The van der Waals surface area contributed by atoms with Crippen LogP contribution >= 0.6 is 0 Å². The fourth-order valence-electron chi connectivity index (χ4n) is 2.08. The standard InChI is InChI=1S/C16H20N2O2/c1-5-17-16(19)15-11(4)8-12-9-13(20-10(2)3)6-7-14(12)18-15/h6-10H,5H2,1-4H3,(H,17,19). The number of nitrogens with zero attached hydrogens (tertiary/aromatic N) is 1. The van der Waals surface area contributed by atoms with Crippen molar-refractivity contribution in [1.82, 2.24) is 10.3 Å². The summed E-state index contributed by atoms with van der Waals surface area (Å²) in [6.07, 6.45) is 0.135. The van der Waals surface area contributed by atoms with E-state index in [0.29, 0.717) is 12.2 Å². The molecule has 4 nitrogen and oxygen atoms in total. The topological polar surface area (TPSA) is 51.2 Å². The van der Waals surface area contributed by atoms with Crippen LogP contribution in [0.25, 0.3) is 10.9 Å². The van der Waals surface area contributed by atoms with E-state index in [1.807, 2.05) is 52.0 Å². The summed E-state index contributed by atoms with van der Waals surface area (Å²) in [6.45, 7) is 8.37. The van der Waals surface area contributed by atoms with Crippen molar-refractivity contribution in [3.05, 3.63) is 35.5 Å². The van der Waals surface area contributed by atoms with E-state index in [9.17, 15) is 4.79 Å².